The number of rotatable bonds is 5. The minimum Gasteiger partial charge on any atom is -0.481 e. The fourth-order valence-electron chi connectivity index (χ4n) is 2.94. The molecule has 21 heavy (non-hydrogen) atoms. The largest absolute Gasteiger partial charge is 0.481 e. The van der Waals surface area contributed by atoms with Crippen molar-refractivity contribution < 1.29 is 14.7 Å². The summed E-state index contributed by atoms with van der Waals surface area (Å²) in [5, 5.41) is 14.6. The topological polar surface area (TPSA) is 81.7 Å². The molecule has 0 aromatic heterocycles. The molecule has 1 heterocycles. The number of hydrogen-bond donors (Lipinski definition) is 3. The van der Waals surface area contributed by atoms with Crippen LogP contribution >= 0.6 is 0 Å². The fraction of sp³-hybridized carbons (Fsp3) is 0.733. The van der Waals surface area contributed by atoms with Crippen LogP contribution in [0.1, 0.15) is 32.6 Å². The molecular formula is C15H25N3O3. The first-order chi connectivity index (χ1) is 10.1. The van der Waals surface area contributed by atoms with Gasteiger partial charge in [-0.1, -0.05) is 18.6 Å². The van der Waals surface area contributed by atoms with Crippen LogP contribution in [0.4, 0.5) is 4.79 Å². The molecule has 2 amide bonds. The highest BCUT2D eigenvalue weighted by Gasteiger charge is 2.25. The summed E-state index contributed by atoms with van der Waals surface area (Å²) in [5.41, 5.74) is 0. The fourth-order valence-corrected chi connectivity index (χ4v) is 2.94. The molecule has 0 spiro atoms. The molecule has 2 rings (SSSR count). The van der Waals surface area contributed by atoms with E-state index in [9.17, 15) is 9.59 Å². The zero-order chi connectivity index (χ0) is 15.2. The van der Waals surface area contributed by atoms with E-state index >= 15 is 0 Å². The van der Waals surface area contributed by atoms with E-state index in [0.29, 0.717) is 19.0 Å². The Balaban J connectivity index is 1.66. The molecule has 1 fully saturated rings. The lowest BCUT2D eigenvalue weighted by molar-refractivity contribution is -0.140. The zero-order valence-corrected chi connectivity index (χ0v) is 12.5. The predicted octanol–water partition coefficient (Wildman–Crippen LogP) is 1.19. The number of nitrogens with zero attached hydrogens (tertiary/aromatic N) is 1. The van der Waals surface area contributed by atoms with Gasteiger partial charge in [-0.05, 0) is 39.3 Å². The van der Waals surface area contributed by atoms with E-state index in [2.05, 4.69) is 22.5 Å². The zero-order valence-electron chi connectivity index (χ0n) is 12.5. The van der Waals surface area contributed by atoms with Crippen molar-refractivity contribution in [2.45, 2.75) is 44.7 Å². The highest BCUT2D eigenvalue weighted by molar-refractivity contribution is 5.76. The molecule has 1 aliphatic carbocycles. The van der Waals surface area contributed by atoms with Crippen molar-refractivity contribution in [3.63, 3.8) is 0 Å². The van der Waals surface area contributed by atoms with Crippen molar-refractivity contribution in [2.75, 3.05) is 19.6 Å². The van der Waals surface area contributed by atoms with Gasteiger partial charge in [0.2, 0.25) is 0 Å². The number of carboxylic acid groups (broad SMARTS) is 1. The lowest BCUT2D eigenvalue weighted by atomic mass is 10.1. The maximum atomic E-state index is 11.8. The Labute approximate surface area is 125 Å². The van der Waals surface area contributed by atoms with E-state index in [4.69, 9.17) is 5.11 Å². The first-order valence-electron chi connectivity index (χ1n) is 7.76. The summed E-state index contributed by atoms with van der Waals surface area (Å²) in [6.07, 6.45) is 7.61. The summed E-state index contributed by atoms with van der Waals surface area (Å²) >= 11 is 0. The maximum Gasteiger partial charge on any atom is 0.315 e. The first kappa shape index (κ1) is 15.8. The number of hydrogen-bond acceptors (Lipinski definition) is 3. The molecular weight excluding hydrogens is 270 g/mol. The SMILES string of the molecule is CC(CNC(=O)NC1C=CC(C(=O)O)C1)N1CCCCC1. The van der Waals surface area contributed by atoms with Crippen molar-refractivity contribution in [3.8, 4) is 0 Å². The Kier molecular flexibility index (Phi) is 5.61. The van der Waals surface area contributed by atoms with Gasteiger partial charge < -0.3 is 15.7 Å². The summed E-state index contributed by atoms with van der Waals surface area (Å²) < 4.78 is 0. The molecule has 3 atom stereocenters. The quantitative estimate of drug-likeness (QED) is 0.665. The average molecular weight is 295 g/mol. The van der Waals surface area contributed by atoms with Gasteiger partial charge in [0.05, 0.1) is 12.0 Å². The number of likely N-dealkylation sites (tertiary alicyclic amines) is 1. The van der Waals surface area contributed by atoms with Crippen LogP contribution in [0.2, 0.25) is 0 Å². The monoisotopic (exact) mass is 295 g/mol. The molecule has 0 bridgehead atoms. The van der Waals surface area contributed by atoms with E-state index in [1.807, 2.05) is 0 Å². The lowest BCUT2D eigenvalue weighted by Gasteiger charge is -2.32. The van der Waals surface area contributed by atoms with Gasteiger partial charge in [-0.15, -0.1) is 0 Å². The van der Waals surface area contributed by atoms with Crippen LogP contribution in [0.3, 0.4) is 0 Å². The normalized spacial score (nSPS) is 27.3. The number of piperidine rings is 1. The number of aliphatic carboxylic acids is 1. The third-order valence-electron chi connectivity index (χ3n) is 4.29. The van der Waals surface area contributed by atoms with Gasteiger partial charge in [0.1, 0.15) is 0 Å². The van der Waals surface area contributed by atoms with Crippen molar-refractivity contribution >= 4 is 12.0 Å². The summed E-state index contributed by atoms with van der Waals surface area (Å²) in [6, 6.07) is -0.0714. The Morgan fingerprint density at radius 3 is 2.62 bits per heavy atom. The smallest absolute Gasteiger partial charge is 0.315 e. The summed E-state index contributed by atoms with van der Waals surface area (Å²) in [6.45, 7) is 4.96. The summed E-state index contributed by atoms with van der Waals surface area (Å²) in [4.78, 5) is 25.1. The number of amides is 2. The van der Waals surface area contributed by atoms with Gasteiger partial charge >= 0.3 is 12.0 Å². The Morgan fingerprint density at radius 1 is 1.29 bits per heavy atom. The molecule has 6 nitrogen and oxygen atoms in total. The lowest BCUT2D eigenvalue weighted by Crippen LogP contribution is -2.48. The van der Waals surface area contributed by atoms with Gasteiger partial charge in [-0.2, -0.15) is 0 Å². The van der Waals surface area contributed by atoms with Crippen molar-refractivity contribution in [1.29, 1.82) is 0 Å². The predicted molar refractivity (Wildman–Crippen MR) is 80.1 cm³/mol. The van der Waals surface area contributed by atoms with Crippen molar-refractivity contribution in [1.82, 2.24) is 15.5 Å². The van der Waals surface area contributed by atoms with Crippen molar-refractivity contribution in [3.05, 3.63) is 12.2 Å². The number of urea groups is 1. The first-order valence-corrected chi connectivity index (χ1v) is 7.76. The number of carbonyl (C=O) groups is 2. The number of carbonyl (C=O) groups excluding carboxylic acids is 1. The molecule has 6 heteroatoms. The van der Waals surface area contributed by atoms with E-state index < -0.39 is 11.9 Å². The van der Waals surface area contributed by atoms with E-state index in [0.717, 1.165) is 13.1 Å². The molecule has 0 saturated carbocycles. The minimum atomic E-state index is -0.838. The second kappa shape index (κ2) is 7.45. The third kappa shape index (κ3) is 4.74. The molecule has 118 valence electrons. The van der Waals surface area contributed by atoms with E-state index in [1.54, 1.807) is 12.2 Å². The second-order valence-corrected chi connectivity index (χ2v) is 5.97. The molecule has 0 aromatic carbocycles. The highest BCUT2D eigenvalue weighted by Crippen LogP contribution is 2.17. The molecule has 1 aliphatic heterocycles. The molecule has 1 saturated heterocycles. The van der Waals surface area contributed by atoms with Crippen LogP contribution in [0.15, 0.2) is 12.2 Å². The molecule has 3 N–H and O–H groups in total. The van der Waals surface area contributed by atoms with Crippen LogP contribution in [0.5, 0.6) is 0 Å². The average Bonchev–Trinajstić information content (AvgIpc) is 2.94. The van der Waals surface area contributed by atoms with Gasteiger partial charge in [-0.3, -0.25) is 9.69 Å². The number of carboxylic acids is 1. The van der Waals surface area contributed by atoms with E-state index in [-0.39, 0.29) is 12.1 Å². The molecule has 3 unspecified atom stereocenters. The van der Waals surface area contributed by atoms with Crippen LogP contribution < -0.4 is 10.6 Å². The standard InChI is InChI=1S/C15H25N3O3/c1-11(18-7-3-2-4-8-18)10-16-15(21)17-13-6-5-12(9-13)14(19)20/h5-6,11-13H,2-4,7-10H2,1H3,(H,19,20)(H2,16,17,21). The Bertz CT molecular complexity index is 405. The maximum absolute atomic E-state index is 11.8. The van der Waals surface area contributed by atoms with Gasteiger partial charge in [0.25, 0.3) is 0 Å². The summed E-state index contributed by atoms with van der Waals surface area (Å²) in [7, 11) is 0. The van der Waals surface area contributed by atoms with Crippen LogP contribution in [-0.2, 0) is 4.79 Å². The molecule has 2 aliphatic rings. The Morgan fingerprint density at radius 2 is 2.00 bits per heavy atom. The van der Waals surface area contributed by atoms with Crippen LogP contribution in [-0.4, -0.2) is 53.7 Å². The molecule has 0 radical (unpaired) electrons. The number of nitrogens with one attached hydrogen (secondary N) is 2. The van der Waals surface area contributed by atoms with Crippen LogP contribution in [0.25, 0.3) is 0 Å². The van der Waals surface area contributed by atoms with Crippen LogP contribution in [0, 0.1) is 5.92 Å². The molecule has 0 aromatic rings. The minimum absolute atomic E-state index is 0.184. The van der Waals surface area contributed by atoms with Crippen molar-refractivity contribution in [2.24, 2.45) is 5.92 Å². The van der Waals surface area contributed by atoms with Gasteiger partial charge in [0, 0.05) is 12.6 Å². The third-order valence-corrected chi connectivity index (χ3v) is 4.29. The highest BCUT2D eigenvalue weighted by atomic mass is 16.4. The van der Waals surface area contributed by atoms with Gasteiger partial charge in [-0.25, -0.2) is 4.79 Å². The second-order valence-electron chi connectivity index (χ2n) is 5.97. The Hall–Kier alpha value is -1.56. The van der Waals surface area contributed by atoms with E-state index in [1.165, 1.54) is 19.3 Å². The van der Waals surface area contributed by atoms with Gasteiger partial charge in [0.15, 0.2) is 0 Å². The summed E-state index contributed by atoms with van der Waals surface area (Å²) in [5.74, 6) is -1.32.